The van der Waals surface area contributed by atoms with E-state index in [-0.39, 0.29) is 0 Å². The largest absolute Gasteiger partial charge is 0.455 e. The highest BCUT2D eigenvalue weighted by Crippen LogP contribution is 2.45. The van der Waals surface area contributed by atoms with Crippen molar-refractivity contribution in [2.45, 2.75) is 0 Å². The first kappa shape index (κ1) is 19.0. The van der Waals surface area contributed by atoms with Gasteiger partial charge >= 0.3 is 0 Å². The summed E-state index contributed by atoms with van der Waals surface area (Å²) in [4.78, 5) is 0. The zero-order valence-electron chi connectivity index (χ0n) is 18.5. The second-order valence-corrected chi connectivity index (χ2v) is 8.56. The van der Waals surface area contributed by atoms with E-state index in [1.807, 2.05) is 6.07 Å². The Hall–Kier alpha value is -4.56. The summed E-state index contributed by atoms with van der Waals surface area (Å²) < 4.78 is 9.13. The van der Waals surface area contributed by atoms with E-state index < -0.39 is 0 Å². The molecule has 0 aliphatic carbocycles. The molecule has 0 saturated heterocycles. The van der Waals surface area contributed by atoms with Gasteiger partial charge in [0.25, 0.3) is 0 Å². The third-order valence-electron chi connectivity index (χ3n) is 6.60. The van der Waals surface area contributed by atoms with Crippen LogP contribution >= 0.6 is 0 Å². The minimum Gasteiger partial charge on any atom is -0.455 e. The third-order valence-corrected chi connectivity index (χ3v) is 6.60. The molecule has 0 N–H and O–H groups in total. The van der Waals surface area contributed by atoms with Crippen LogP contribution in [-0.2, 0) is 0 Å². The standard InChI is InChI=1S/C32H21NO/c1-4-12-22(13-5-1)29-26-20-21-28-30(32(26)34-31(29)23-14-6-2-7-15-23)25-18-10-11-19-27(25)33(28)24-16-8-3-9-17-24/h1-21H. The van der Waals surface area contributed by atoms with Gasteiger partial charge in [0, 0.05) is 27.6 Å². The molecule has 0 unspecified atom stereocenters. The smallest absolute Gasteiger partial charge is 0.145 e. The maximum Gasteiger partial charge on any atom is 0.145 e. The van der Waals surface area contributed by atoms with Crippen molar-refractivity contribution in [3.05, 3.63) is 127 Å². The first-order valence-electron chi connectivity index (χ1n) is 11.5. The van der Waals surface area contributed by atoms with Crippen molar-refractivity contribution in [1.82, 2.24) is 4.57 Å². The van der Waals surface area contributed by atoms with E-state index in [4.69, 9.17) is 4.42 Å². The molecular weight excluding hydrogens is 414 g/mol. The SMILES string of the molecule is c1ccc(-c2oc3c(ccc4c3c3ccccc3n4-c3ccccc3)c2-c2ccccc2)cc1. The molecule has 0 radical (unpaired) electrons. The van der Waals surface area contributed by atoms with Gasteiger partial charge in [0.05, 0.1) is 16.4 Å². The summed E-state index contributed by atoms with van der Waals surface area (Å²) in [6, 6.07) is 44.5. The second-order valence-electron chi connectivity index (χ2n) is 8.56. The van der Waals surface area contributed by atoms with Crippen LogP contribution in [0.25, 0.3) is 60.9 Å². The number of hydrogen-bond donors (Lipinski definition) is 0. The van der Waals surface area contributed by atoms with Crippen LogP contribution in [0.5, 0.6) is 0 Å². The van der Waals surface area contributed by atoms with Crippen molar-refractivity contribution in [1.29, 1.82) is 0 Å². The molecule has 7 rings (SSSR count). The molecule has 0 spiro atoms. The van der Waals surface area contributed by atoms with Crippen LogP contribution in [0.4, 0.5) is 0 Å². The maximum atomic E-state index is 6.80. The second kappa shape index (κ2) is 7.50. The van der Waals surface area contributed by atoms with Crippen LogP contribution in [-0.4, -0.2) is 4.57 Å². The molecule has 2 aromatic heterocycles. The van der Waals surface area contributed by atoms with Crippen molar-refractivity contribution < 1.29 is 4.42 Å². The van der Waals surface area contributed by atoms with Crippen LogP contribution in [0, 0.1) is 0 Å². The Labute approximate surface area is 197 Å². The van der Waals surface area contributed by atoms with E-state index in [1.54, 1.807) is 0 Å². The summed E-state index contributed by atoms with van der Waals surface area (Å²) in [6.45, 7) is 0. The Morgan fingerprint density at radius 2 is 1.09 bits per heavy atom. The van der Waals surface area contributed by atoms with Gasteiger partial charge in [-0.3, -0.25) is 0 Å². The zero-order valence-corrected chi connectivity index (χ0v) is 18.5. The van der Waals surface area contributed by atoms with Gasteiger partial charge in [-0.05, 0) is 35.9 Å². The molecule has 0 saturated carbocycles. The molecule has 0 amide bonds. The summed E-state index contributed by atoms with van der Waals surface area (Å²) in [7, 11) is 0. The van der Waals surface area contributed by atoms with Crippen molar-refractivity contribution in [3.8, 4) is 28.1 Å². The topological polar surface area (TPSA) is 18.1 Å². The van der Waals surface area contributed by atoms with Gasteiger partial charge in [-0.2, -0.15) is 0 Å². The minimum absolute atomic E-state index is 0.908. The van der Waals surface area contributed by atoms with E-state index in [1.165, 1.54) is 10.9 Å². The fourth-order valence-electron chi connectivity index (χ4n) is 5.15. The highest BCUT2D eigenvalue weighted by molar-refractivity contribution is 6.22. The molecule has 0 aliphatic rings. The summed E-state index contributed by atoms with van der Waals surface area (Å²) in [5, 5.41) is 3.48. The van der Waals surface area contributed by atoms with E-state index in [9.17, 15) is 0 Å². The van der Waals surface area contributed by atoms with Gasteiger partial charge in [0.1, 0.15) is 11.3 Å². The zero-order chi connectivity index (χ0) is 22.5. The minimum atomic E-state index is 0.908. The predicted molar refractivity (Wildman–Crippen MR) is 141 cm³/mol. The molecule has 0 bridgehead atoms. The molecule has 160 valence electrons. The van der Waals surface area contributed by atoms with Crippen LogP contribution in [0.3, 0.4) is 0 Å². The Kier molecular flexibility index (Phi) is 4.18. The van der Waals surface area contributed by atoms with Crippen molar-refractivity contribution in [3.63, 3.8) is 0 Å². The summed E-state index contributed by atoms with van der Waals surface area (Å²) >= 11 is 0. The fraction of sp³-hybridized carbons (Fsp3) is 0. The molecule has 5 aromatic carbocycles. The highest BCUT2D eigenvalue weighted by atomic mass is 16.3. The van der Waals surface area contributed by atoms with Gasteiger partial charge in [0.2, 0.25) is 0 Å². The first-order chi connectivity index (χ1) is 16.9. The maximum absolute atomic E-state index is 6.80. The lowest BCUT2D eigenvalue weighted by Crippen LogP contribution is -1.92. The van der Waals surface area contributed by atoms with Gasteiger partial charge in [-0.25, -0.2) is 0 Å². The molecule has 0 fully saturated rings. The molecule has 2 heterocycles. The summed E-state index contributed by atoms with van der Waals surface area (Å²) in [5.74, 6) is 0.908. The molecule has 2 heteroatoms. The number of furan rings is 1. The molecule has 0 aliphatic heterocycles. The van der Waals surface area contributed by atoms with Crippen molar-refractivity contribution in [2.75, 3.05) is 0 Å². The number of aromatic nitrogens is 1. The predicted octanol–water partition coefficient (Wildman–Crippen LogP) is 8.86. The summed E-state index contributed by atoms with van der Waals surface area (Å²) in [5.41, 5.74) is 7.78. The summed E-state index contributed by atoms with van der Waals surface area (Å²) in [6.07, 6.45) is 0. The quantitative estimate of drug-likeness (QED) is 0.271. The van der Waals surface area contributed by atoms with Crippen molar-refractivity contribution >= 4 is 32.8 Å². The van der Waals surface area contributed by atoms with Gasteiger partial charge in [0.15, 0.2) is 0 Å². The number of fused-ring (bicyclic) bond motifs is 5. The van der Waals surface area contributed by atoms with Gasteiger partial charge < -0.3 is 8.98 Å². The van der Waals surface area contributed by atoms with Crippen molar-refractivity contribution in [2.24, 2.45) is 0 Å². The Morgan fingerprint density at radius 3 is 1.82 bits per heavy atom. The Balaban J connectivity index is 1.66. The Morgan fingerprint density at radius 1 is 0.471 bits per heavy atom. The molecular formula is C32H21NO. The van der Waals surface area contributed by atoms with E-state index in [2.05, 4.69) is 126 Å². The number of para-hydroxylation sites is 2. The fourth-order valence-corrected chi connectivity index (χ4v) is 5.15. The first-order valence-corrected chi connectivity index (χ1v) is 11.5. The van der Waals surface area contributed by atoms with Crippen LogP contribution in [0.15, 0.2) is 132 Å². The number of benzene rings is 5. The van der Waals surface area contributed by atoms with E-state index >= 15 is 0 Å². The average Bonchev–Trinajstić information content (AvgIpc) is 3.46. The monoisotopic (exact) mass is 435 g/mol. The van der Waals surface area contributed by atoms with Gasteiger partial charge in [-0.15, -0.1) is 0 Å². The molecule has 0 atom stereocenters. The lowest BCUT2D eigenvalue weighted by molar-refractivity contribution is 0.636. The third kappa shape index (κ3) is 2.76. The molecule has 2 nitrogen and oxygen atoms in total. The van der Waals surface area contributed by atoms with Crippen LogP contribution < -0.4 is 0 Å². The lowest BCUT2D eigenvalue weighted by Gasteiger charge is -2.07. The van der Waals surface area contributed by atoms with Crippen LogP contribution in [0.1, 0.15) is 0 Å². The number of hydrogen-bond acceptors (Lipinski definition) is 1. The normalized spacial score (nSPS) is 11.5. The number of nitrogens with zero attached hydrogens (tertiary/aromatic N) is 1. The average molecular weight is 436 g/mol. The number of rotatable bonds is 3. The van der Waals surface area contributed by atoms with Gasteiger partial charge in [-0.1, -0.05) is 97.1 Å². The molecule has 7 aromatic rings. The lowest BCUT2D eigenvalue weighted by atomic mass is 9.98. The van der Waals surface area contributed by atoms with E-state index in [0.717, 1.165) is 50.0 Å². The molecule has 34 heavy (non-hydrogen) atoms. The highest BCUT2D eigenvalue weighted by Gasteiger charge is 2.22. The van der Waals surface area contributed by atoms with Crippen LogP contribution in [0.2, 0.25) is 0 Å². The Bertz CT molecular complexity index is 1780. The van der Waals surface area contributed by atoms with E-state index in [0.29, 0.717) is 0 Å².